The molecule has 2 aromatic carbocycles. The van der Waals surface area contributed by atoms with E-state index in [2.05, 4.69) is 28.8 Å². The van der Waals surface area contributed by atoms with Crippen molar-refractivity contribution < 1.29 is 9.90 Å². The van der Waals surface area contributed by atoms with Gasteiger partial charge in [0.2, 0.25) is 11.9 Å². The number of nitrogens with zero attached hydrogens (tertiary/aromatic N) is 3. The average Bonchev–Trinajstić information content (AvgIpc) is 3.22. The Morgan fingerprint density at radius 1 is 0.971 bits per heavy atom. The molecule has 5 rings (SSSR count). The molecule has 1 amide bonds. The summed E-state index contributed by atoms with van der Waals surface area (Å²) in [5, 5.41) is 17.2. The van der Waals surface area contributed by atoms with Gasteiger partial charge in [-0.05, 0) is 55.5 Å². The van der Waals surface area contributed by atoms with Crippen LogP contribution in [0.15, 0.2) is 54.6 Å². The Bertz CT molecular complexity index is 1320. The van der Waals surface area contributed by atoms with Crippen molar-refractivity contribution in [1.82, 2.24) is 15.0 Å². The second-order valence-corrected chi connectivity index (χ2v) is 10.2. The normalized spacial score (nSPS) is 17.9. The molecule has 1 aliphatic rings. The average molecular weight is 488 g/mol. The zero-order valence-corrected chi connectivity index (χ0v) is 20.5. The molecular formula is C27H29N5O2S. The molecule has 8 heteroatoms. The smallest absolute Gasteiger partial charge is 0.223 e. The number of carbonyl (C=O) groups excluding carboxylic acids is 1. The van der Waals surface area contributed by atoms with Crippen LogP contribution in [0.3, 0.4) is 0 Å². The van der Waals surface area contributed by atoms with Crippen LogP contribution in [0.4, 0.5) is 11.6 Å². The van der Waals surface area contributed by atoms with Crippen LogP contribution in [0, 0.1) is 0 Å². The molecule has 35 heavy (non-hydrogen) atoms. The molecule has 0 unspecified atom stereocenters. The van der Waals surface area contributed by atoms with Crippen LogP contribution < -0.4 is 10.6 Å². The fourth-order valence-corrected chi connectivity index (χ4v) is 5.51. The summed E-state index contributed by atoms with van der Waals surface area (Å²) in [5.41, 5.74) is 4.78. The Balaban J connectivity index is 1.40. The van der Waals surface area contributed by atoms with Crippen molar-refractivity contribution in [3.8, 4) is 0 Å². The number of nitrogens with one attached hydrogen (secondary N) is 2. The second-order valence-electron chi connectivity index (χ2n) is 9.13. The van der Waals surface area contributed by atoms with Crippen molar-refractivity contribution >= 4 is 39.1 Å². The second kappa shape index (κ2) is 10.5. The first kappa shape index (κ1) is 23.4. The van der Waals surface area contributed by atoms with Crippen LogP contribution >= 0.6 is 11.3 Å². The number of anilines is 2. The highest BCUT2D eigenvalue weighted by Crippen LogP contribution is 2.27. The van der Waals surface area contributed by atoms with E-state index in [-0.39, 0.29) is 18.1 Å². The molecule has 2 heterocycles. The lowest BCUT2D eigenvalue weighted by Crippen LogP contribution is -2.29. The van der Waals surface area contributed by atoms with E-state index in [9.17, 15) is 9.90 Å². The summed E-state index contributed by atoms with van der Waals surface area (Å²) in [4.78, 5) is 25.8. The summed E-state index contributed by atoms with van der Waals surface area (Å²) in [6.07, 6.45) is 4.58. The lowest BCUT2D eigenvalue weighted by Gasteiger charge is -2.26. The fourth-order valence-electron chi connectivity index (χ4n) is 4.49. The first-order valence-corrected chi connectivity index (χ1v) is 12.8. The van der Waals surface area contributed by atoms with Gasteiger partial charge in [0.15, 0.2) is 0 Å². The largest absolute Gasteiger partial charge is 0.393 e. The fraction of sp³-hybridized carbons (Fsp3) is 0.333. The van der Waals surface area contributed by atoms with Crippen molar-refractivity contribution in [2.75, 3.05) is 10.6 Å². The molecule has 0 radical (unpaired) electrons. The van der Waals surface area contributed by atoms with E-state index in [4.69, 9.17) is 15.0 Å². The number of aromatic nitrogens is 3. The number of hydrogen-bond acceptors (Lipinski definition) is 7. The number of fused-ring (bicyclic) bond motifs is 1. The maximum Gasteiger partial charge on any atom is 0.223 e. The minimum Gasteiger partial charge on any atom is -0.393 e. The SMILES string of the molecule is CC(=O)Nc1ccc2nc(Cc3cc(Cc4ccccc4)nc(NC4CCC(O)CC4)n3)sc2c1. The van der Waals surface area contributed by atoms with Gasteiger partial charge in [0.25, 0.3) is 0 Å². The Morgan fingerprint density at radius 2 is 1.71 bits per heavy atom. The highest BCUT2D eigenvalue weighted by Gasteiger charge is 2.20. The highest BCUT2D eigenvalue weighted by molar-refractivity contribution is 7.18. The van der Waals surface area contributed by atoms with Gasteiger partial charge in [0.05, 0.1) is 32.7 Å². The first-order valence-electron chi connectivity index (χ1n) is 12.0. The van der Waals surface area contributed by atoms with Crippen LogP contribution in [-0.2, 0) is 17.6 Å². The molecule has 0 atom stereocenters. The molecule has 0 bridgehead atoms. The minimum atomic E-state index is -0.195. The zero-order valence-electron chi connectivity index (χ0n) is 19.7. The first-order chi connectivity index (χ1) is 17.0. The number of aliphatic hydroxyl groups is 1. The molecule has 7 nitrogen and oxygen atoms in total. The lowest BCUT2D eigenvalue weighted by atomic mass is 9.93. The molecular weight excluding hydrogens is 458 g/mol. The number of thiazole rings is 1. The van der Waals surface area contributed by atoms with Gasteiger partial charge in [-0.25, -0.2) is 15.0 Å². The molecule has 1 fully saturated rings. The quantitative estimate of drug-likeness (QED) is 0.341. The van der Waals surface area contributed by atoms with E-state index >= 15 is 0 Å². The van der Waals surface area contributed by atoms with Crippen LogP contribution in [-0.4, -0.2) is 38.1 Å². The van der Waals surface area contributed by atoms with Gasteiger partial charge < -0.3 is 15.7 Å². The van der Waals surface area contributed by atoms with Crippen molar-refractivity contribution in [2.24, 2.45) is 0 Å². The molecule has 0 aliphatic heterocycles. The third-order valence-corrected chi connectivity index (χ3v) is 7.19. The van der Waals surface area contributed by atoms with Crippen molar-refractivity contribution in [1.29, 1.82) is 0 Å². The molecule has 0 spiro atoms. The van der Waals surface area contributed by atoms with Crippen LogP contribution in [0.1, 0.15) is 54.6 Å². The topological polar surface area (TPSA) is 100 Å². The van der Waals surface area contributed by atoms with Crippen molar-refractivity contribution in [3.05, 3.63) is 76.6 Å². The van der Waals surface area contributed by atoms with Gasteiger partial charge in [-0.1, -0.05) is 30.3 Å². The van der Waals surface area contributed by atoms with Crippen molar-refractivity contribution in [2.45, 2.75) is 57.6 Å². The van der Waals surface area contributed by atoms with E-state index in [0.29, 0.717) is 12.4 Å². The lowest BCUT2D eigenvalue weighted by molar-refractivity contribution is -0.114. The molecule has 4 aromatic rings. The zero-order chi connectivity index (χ0) is 24.2. The number of rotatable bonds is 7. The van der Waals surface area contributed by atoms with Crippen LogP contribution in [0.2, 0.25) is 0 Å². The maximum absolute atomic E-state index is 11.4. The Labute approximate surface area is 208 Å². The predicted molar refractivity (Wildman–Crippen MR) is 140 cm³/mol. The summed E-state index contributed by atoms with van der Waals surface area (Å²) in [5.74, 6) is 0.553. The molecule has 1 saturated carbocycles. The van der Waals surface area contributed by atoms with Crippen LogP contribution in [0.25, 0.3) is 10.2 Å². The monoisotopic (exact) mass is 487 g/mol. The molecule has 1 aliphatic carbocycles. The van der Waals surface area contributed by atoms with E-state index in [1.54, 1.807) is 11.3 Å². The van der Waals surface area contributed by atoms with E-state index in [0.717, 1.165) is 64.4 Å². The highest BCUT2D eigenvalue weighted by atomic mass is 32.1. The molecule has 180 valence electrons. The predicted octanol–water partition coefficient (Wildman–Crippen LogP) is 4.94. The van der Waals surface area contributed by atoms with Gasteiger partial charge in [-0.15, -0.1) is 11.3 Å². The summed E-state index contributed by atoms with van der Waals surface area (Å²) in [6.45, 7) is 1.51. The van der Waals surface area contributed by atoms with Gasteiger partial charge in [0.1, 0.15) is 0 Å². The van der Waals surface area contributed by atoms with Gasteiger partial charge in [-0.3, -0.25) is 4.79 Å². The number of benzene rings is 2. The van der Waals surface area contributed by atoms with E-state index < -0.39 is 0 Å². The van der Waals surface area contributed by atoms with E-state index in [1.807, 2.05) is 36.4 Å². The van der Waals surface area contributed by atoms with Crippen molar-refractivity contribution in [3.63, 3.8) is 0 Å². The number of carbonyl (C=O) groups is 1. The van der Waals surface area contributed by atoms with Crippen LogP contribution in [0.5, 0.6) is 0 Å². The van der Waals surface area contributed by atoms with Gasteiger partial charge in [-0.2, -0.15) is 0 Å². The summed E-state index contributed by atoms with van der Waals surface area (Å²) < 4.78 is 1.03. The summed E-state index contributed by atoms with van der Waals surface area (Å²) >= 11 is 1.61. The van der Waals surface area contributed by atoms with Gasteiger partial charge in [0, 0.05) is 31.5 Å². The summed E-state index contributed by atoms with van der Waals surface area (Å²) in [6, 6.07) is 18.4. The summed E-state index contributed by atoms with van der Waals surface area (Å²) in [7, 11) is 0. The Hall–Kier alpha value is -3.36. The third-order valence-electron chi connectivity index (χ3n) is 6.18. The third kappa shape index (κ3) is 6.21. The Kier molecular flexibility index (Phi) is 7.01. The van der Waals surface area contributed by atoms with Gasteiger partial charge >= 0.3 is 0 Å². The number of aliphatic hydroxyl groups excluding tert-OH is 1. The number of amides is 1. The minimum absolute atomic E-state index is 0.0893. The molecule has 3 N–H and O–H groups in total. The Morgan fingerprint density at radius 3 is 2.46 bits per heavy atom. The molecule has 2 aromatic heterocycles. The number of hydrogen-bond donors (Lipinski definition) is 3. The molecule has 0 saturated heterocycles. The standard InChI is InChI=1S/C27H29N5O2S/c1-17(33)28-20-9-12-24-25(15-20)35-26(32-24)16-22-14-21(13-18-5-3-2-4-6-18)30-27(31-22)29-19-7-10-23(34)11-8-19/h2-6,9,12,14-15,19,23,34H,7-8,10-11,13,16H2,1H3,(H,28,33)(H,29,30,31). The maximum atomic E-state index is 11.4. The van der Waals surface area contributed by atoms with E-state index in [1.165, 1.54) is 12.5 Å².